The zero-order chi connectivity index (χ0) is 22.6. The minimum Gasteiger partial charge on any atom is -0.333 e. The van der Waals surface area contributed by atoms with E-state index < -0.39 is 0 Å². The number of aryl methyl sites for hydroxylation is 3. The van der Waals surface area contributed by atoms with E-state index in [1.54, 1.807) is 22.3 Å². The molecule has 0 saturated heterocycles. The Kier molecular flexibility index (Phi) is 13.2. The van der Waals surface area contributed by atoms with Crippen molar-refractivity contribution < 1.29 is 0 Å². The van der Waals surface area contributed by atoms with E-state index in [0.717, 1.165) is 12.3 Å². The number of allylic oxidation sites excluding steroid dienone is 2. The normalized spacial score (nSPS) is 18.7. The maximum atomic E-state index is 4.50. The van der Waals surface area contributed by atoms with Gasteiger partial charge in [-0.1, -0.05) is 71.2 Å². The Morgan fingerprint density at radius 2 is 1.66 bits per heavy atom. The predicted molar refractivity (Wildman–Crippen MR) is 134 cm³/mol. The van der Waals surface area contributed by atoms with E-state index in [9.17, 15) is 0 Å². The van der Waals surface area contributed by atoms with Gasteiger partial charge in [0.1, 0.15) is 0 Å². The quantitative estimate of drug-likeness (QED) is 0.379. The highest BCUT2D eigenvalue weighted by Gasteiger charge is 2.35. The Morgan fingerprint density at radius 1 is 1.03 bits per heavy atom. The highest BCUT2D eigenvalue weighted by atomic mass is 14.4. The van der Waals surface area contributed by atoms with Crippen molar-refractivity contribution in [1.82, 2.24) is 0 Å². The maximum Gasteiger partial charge on any atom is 0.00592 e. The second-order valence-corrected chi connectivity index (χ2v) is 9.35. The Hall–Kier alpha value is -1.34. The molecule has 0 heterocycles. The summed E-state index contributed by atoms with van der Waals surface area (Å²) in [5.74, 6) is 1.33. The van der Waals surface area contributed by atoms with Crippen molar-refractivity contribution in [2.45, 2.75) is 99.3 Å². The third-order valence-corrected chi connectivity index (χ3v) is 6.18. The van der Waals surface area contributed by atoms with Crippen molar-refractivity contribution >= 4 is 0 Å². The highest BCUT2D eigenvalue weighted by molar-refractivity contribution is 5.44. The number of unbranched alkanes of at least 4 members (excludes halogenated alkanes) is 2. The largest absolute Gasteiger partial charge is 0.333 e. The number of nitrogens with two attached hydrogens (primary N) is 1. The zero-order valence-electron chi connectivity index (χ0n) is 20.8. The van der Waals surface area contributed by atoms with E-state index in [4.69, 9.17) is 0 Å². The highest BCUT2D eigenvalue weighted by Crippen LogP contribution is 2.47. The topological polar surface area (TPSA) is 26.0 Å². The van der Waals surface area contributed by atoms with E-state index >= 15 is 0 Å². The average molecular weight is 400 g/mol. The van der Waals surface area contributed by atoms with Crippen LogP contribution >= 0.6 is 0 Å². The Labute approximate surface area is 182 Å². The van der Waals surface area contributed by atoms with Crippen LogP contribution in [0.25, 0.3) is 0 Å². The Morgan fingerprint density at radius 3 is 2.17 bits per heavy atom. The van der Waals surface area contributed by atoms with Gasteiger partial charge in [0, 0.05) is 5.92 Å². The second kappa shape index (κ2) is 13.8. The van der Waals surface area contributed by atoms with Crippen LogP contribution in [-0.4, -0.2) is 7.05 Å². The second-order valence-electron chi connectivity index (χ2n) is 9.35. The number of benzene rings is 1. The molecule has 0 fully saturated rings. The van der Waals surface area contributed by atoms with Crippen LogP contribution in [0.3, 0.4) is 0 Å². The minimum absolute atomic E-state index is 0.360. The van der Waals surface area contributed by atoms with E-state index in [2.05, 4.69) is 85.6 Å². The maximum absolute atomic E-state index is 4.50. The van der Waals surface area contributed by atoms with Crippen LogP contribution in [0.5, 0.6) is 0 Å². The molecule has 1 aliphatic rings. The summed E-state index contributed by atoms with van der Waals surface area (Å²) in [6, 6.07) is 5.01. The fourth-order valence-corrected chi connectivity index (χ4v) is 4.77. The molecule has 166 valence electrons. The van der Waals surface area contributed by atoms with Gasteiger partial charge in [-0.15, -0.1) is 13.2 Å². The summed E-state index contributed by atoms with van der Waals surface area (Å²) in [6.45, 7) is 22.6. The minimum atomic E-state index is 0.360. The van der Waals surface area contributed by atoms with Crippen molar-refractivity contribution in [3.63, 3.8) is 0 Å². The summed E-state index contributed by atoms with van der Waals surface area (Å²) in [5.41, 5.74) is 12.8. The molecule has 1 aromatic rings. The number of hydrogen-bond acceptors (Lipinski definition) is 1. The molecule has 1 aliphatic carbocycles. The van der Waals surface area contributed by atoms with Crippen LogP contribution in [0.2, 0.25) is 0 Å². The molecule has 2 N–H and O–H groups in total. The van der Waals surface area contributed by atoms with Crippen molar-refractivity contribution in [2.24, 2.45) is 17.1 Å². The van der Waals surface area contributed by atoms with E-state index in [1.165, 1.54) is 51.1 Å². The summed E-state index contributed by atoms with van der Waals surface area (Å²) < 4.78 is 0. The summed E-state index contributed by atoms with van der Waals surface area (Å²) in [5, 5.41) is 0. The monoisotopic (exact) mass is 399 g/mol. The lowest BCUT2D eigenvalue weighted by atomic mass is 9.64. The summed E-state index contributed by atoms with van der Waals surface area (Å²) >= 11 is 0. The molecule has 0 bridgehead atoms. The Bertz CT molecular complexity index is 618. The fourth-order valence-electron chi connectivity index (χ4n) is 4.77. The van der Waals surface area contributed by atoms with E-state index in [0.29, 0.717) is 11.3 Å². The molecular weight excluding hydrogens is 350 g/mol. The molecule has 29 heavy (non-hydrogen) atoms. The van der Waals surface area contributed by atoms with Crippen LogP contribution in [0.4, 0.5) is 0 Å². The van der Waals surface area contributed by atoms with E-state index in [-0.39, 0.29) is 0 Å². The number of rotatable bonds is 6. The van der Waals surface area contributed by atoms with E-state index in [1.807, 2.05) is 0 Å². The molecular formula is C28H49N. The lowest BCUT2D eigenvalue weighted by Gasteiger charge is -2.40. The van der Waals surface area contributed by atoms with Crippen LogP contribution in [0, 0.1) is 18.3 Å². The van der Waals surface area contributed by atoms with Gasteiger partial charge < -0.3 is 5.73 Å². The summed E-state index contributed by atoms with van der Waals surface area (Å²) in [4.78, 5) is 0. The summed E-state index contributed by atoms with van der Waals surface area (Å²) in [7, 11) is 1.50. The molecule has 1 heteroatoms. The lowest BCUT2D eigenvalue weighted by Crippen LogP contribution is -2.29. The predicted octanol–water partition coefficient (Wildman–Crippen LogP) is 8.15. The van der Waals surface area contributed by atoms with Crippen molar-refractivity contribution in [1.29, 1.82) is 0 Å². The first-order chi connectivity index (χ1) is 13.8. The van der Waals surface area contributed by atoms with Gasteiger partial charge in [0.15, 0.2) is 0 Å². The van der Waals surface area contributed by atoms with Crippen LogP contribution in [0.15, 0.2) is 36.9 Å². The SMILES string of the molecule is C=C.CCCCCc1cc(C)c(C2C=C(C)CCC2C(C)(C)C)c(CC)c1.CN. The van der Waals surface area contributed by atoms with Gasteiger partial charge in [-0.05, 0) is 86.6 Å². The molecule has 1 nitrogen and oxygen atoms in total. The lowest BCUT2D eigenvalue weighted by molar-refractivity contribution is 0.197. The molecule has 1 aromatic carbocycles. The molecule has 0 aromatic heterocycles. The zero-order valence-corrected chi connectivity index (χ0v) is 20.8. The van der Waals surface area contributed by atoms with Gasteiger partial charge in [-0.2, -0.15) is 0 Å². The molecule has 0 spiro atoms. The van der Waals surface area contributed by atoms with Gasteiger partial charge in [0.25, 0.3) is 0 Å². The molecule has 2 atom stereocenters. The first-order valence-electron chi connectivity index (χ1n) is 11.6. The average Bonchev–Trinajstić information content (AvgIpc) is 2.69. The Balaban J connectivity index is 0.00000184. The fraction of sp³-hybridized carbons (Fsp3) is 0.643. The number of hydrogen-bond donors (Lipinski definition) is 1. The van der Waals surface area contributed by atoms with Crippen molar-refractivity contribution in [2.75, 3.05) is 7.05 Å². The van der Waals surface area contributed by atoms with Gasteiger partial charge in [-0.25, -0.2) is 0 Å². The molecule has 2 unspecified atom stereocenters. The third-order valence-electron chi connectivity index (χ3n) is 6.18. The molecule has 0 saturated carbocycles. The molecule has 0 aliphatic heterocycles. The third kappa shape index (κ3) is 8.13. The molecule has 0 amide bonds. The first-order valence-corrected chi connectivity index (χ1v) is 11.6. The molecule has 0 radical (unpaired) electrons. The first kappa shape index (κ1) is 27.7. The van der Waals surface area contributed by atoms with Crippen LogP contribution in [-0.2, 0) is 12.8 Å². The van der Waals surface area contributed by atoms with Gasteiger partial charge >= 0.3 is 0 Å². The standard InChI is InChI=1S/C25H40.C2H4.CH5N/c1-8-10-11-12-20-16-19(4)24(21(9-2)17-20)22-15-18(3)13-14-23(22)25(5,6)7;2*1-2/h15-17,22-23H,8-14H2,1-7H3;1-2H2;2H2,1H3. The molecule has 2 rings (SSSR count). The van der Waals surface area contributed by atoms with Crippen LogP contribution in [0.1, 0.15) is 102 Å². The van der Waals surface area contributed by atoms with Crippen LogP contribution < -0.4 is 5.73 Å². The summed E-state index contributed by atoms with van der Waals surface area (Å²) in [6.07, 6.45) is 11.6. The van der Waals surface area contributed by atoms with Gasteiger partial charge in [0.05, 0.1) is 0 Å². The van der Waals surface area contributed by atoms with Crippen molar-refractivity contribution in [3.05, 3.63) is 59.2 Å². The van der Waals surface area contributed by atoms with Gasteiger partial charge in [-0.3, -0.25) is 0 Å². The smallest absolute Gasteiger partial charge is 0.00592 e. The van der Waals surface area contributed by atoms with Crippen molar-refractivity contribution in [3.8, 4) is 0 Å². The van der Waals surface area contributed by atoms with Gasteiger partial charge in [0.2, 0.25) is 0 Å².